The van der Waals surface area contributed by atoms with Crippen molar-refractivity contribution in [3.8, 4) is 17.2 Å². The Morgan fingerprint density at radius 3 is 2.82 bits per heavy atom. The van der Waals surface area contributed by atoms with Gasteiger partial charge < -0.3 is 14.8 Å². The normalized spacial score (nSPS) is 15.9. The highest BCUT2D eigenvalue weighted by Gasteiger charge is 2.31. The zero-order valence-corrected chi connectivity index (χ0v) is 16.0. The molecule has 144 valence electrons. The molecular formula is C21H22N4O3. The molecule has 0 saturated carbocycles. The third-order valence-electron chi connectivity index (χ3n) is 4.65. The van der Waals surface area contributed by atoms with Gasteiger partial charge in [0.2, 0.25) is 5.91 Å². The first-order chi connectivity index (χ1) is 13.6. The molecule has 1 N–H and O–H groups in total. The second-order valence-corrected chi connectivity index (χ2v) is 6.94. The minimum atomic E-state index is -0.165. The largest absolute Gasteiger partial charge is 0.493 e. The highest BCUT2D eigenvalue weighted by molar-refractivity contribution is 5.94. The van der Waals surface area contributed by atoms with Crippen molar-refractivity contribution in [2.24, 2.45) is 0 Å². The van der Waals surface area contributed by atoms with Gasteiger partial charge in [-0.15, -0.1) is 0 Å². The molecule has 1 aliphatic heterocycles. The fraction of sp³-hybridized carbons (Fsp3) is 0.286. The zero-order chi connectivity index (χ0) is 19.7. The van der Waals surface area contributed by atoms with Crippen LogP contribution in [0.2, 0.25) is 0 Å². The van der Waals surface area contributed by atoms with E-state index in [1.807, 2.05) is 48.7 Å². The number of carbonyl (C=O) groups is 1. The molecule has 3 heterocycles. The van der Waals surface area contributed by atoms with Gasteiger partial charge in [-0.3, -0.25) is 14.3 Å². The van der Waals surface area contributed by atoms with E-state index in [-0.39, 0.29) is 17.9 Å². The monoisotopic (exact) mass is 378 g/mol. The summed E-state index contributed by atoms with van der Waals surface area (Å²) >= 11 is 0. The molecule has 0 saturated heterocycles. The summed E-state index contributed by atoms with van der Waals surface area (Å²) in [7, 11) is 1.61. The van der Waals surface area contributed by atoms with E-state index in [1.165, 1.54) is 0 Å². The van der Waals surface area contributed by atoms with Gasteiger partial charge in [-0.1, -0.05) is 6.07 Å². The Kier molecular flexibility index (Phi) is 4.73. The minimum absolute atomic E-state index is 0.0131. The Hall–Kier alpha value is -3.35. The summed E-state index contributed by atoms with van der Waals surface area (Å²) < 4.78 is 13.2. The molecule has 0 spiro atoms. The number of amides is 1. The summed E-state index contributed by atoms with van der Waals surface area (Å²) in [6.45, 7) is 3.93. The molecule has 0 unspecified atom stereocenters. The van der Waals surface area contributed by atoms with Gasteiger partial charge in [-0.2, -0.15) is 0 Å². The molecule has 3 aromatic rings. The lowest BCUT2D eigenvalue weighted by Crippen LogP contribution is -2.25. The highest BCUT2D eigenvalue weighted by Crippen LogP contribution is 2.40. The van der Waals surface area contributed by atoms with Crippen LogP contribution in [-0.4, -0.2) is 33.7 Å². The number of ether oxygens (including phenoxy) is 2. The van der Waals surface area contributed by atoms with Crippen LogP contribution in [-0.2, 0) is 4.79 Å². The molecule has 0 bridgehead atoms. The summed E-state index contributed by atoms with van der Waals surface area (Å²) in [6, 6.07) is 9.55. The Bertz CT molecular complexity index is 998. The number of hydrogen-bond acceptors (Lipinski definition) is 5. The molecule has 0 radical (unpaired) electrons. The van der Waals surface area contributed by atoms with Gasteiger partial charge in [0.05, 0.1) is 30.8 Å². The third-order valence-corrected chi connectivity index (χ3v) is 4.65. The third kappa shape index (κ3) is 3.31. The van der Waals surface area contributed by atoms with Gasteiger partial charge in [0, 0.05) is 18.5 Å². The summed E-state index contributed by atoms with van der Waals surface area (Å²) in [5, 5.41) is 2.95. The lowest BCUT2D eigenvalue weighted by atomic mass is 9.89. The van der Waals surface area contributed by atoms with E-state index >= 15 is 0 Å². The second kappa shape index (κ2) is 7.34. The minimum Gasteiger partial charge on any atom is -0.493 e. The first kappa shape index (κ1) is 18.0. The van der Waals surface area contributed by atoms with E-state index in [4.69, 9.17) is 9.47 Å². The standard InChI is InChI=1S/C21H22N4O3/c1-13(2)28-18-9-14(6-7-17(18)27-3)16-10-19(26)24-21-20(16)23-12-25(21)15-5-4-8-22-11-15/h4-9,11-13,16H,10H2,1-3H3,(H,24,26)/t16-/m0/s1. The maximum Gasteiger partial charge on any atom is 0.226 e. The average molecular weight is 378 g/mol. The molecule has 1 aromatic carbocycles. The molecule has 1 aliphatic rings. The van der Waals surface area contributed by atoms with Gasteiger partial charge in [0.15, 0.2) is 11.5 Å². The summed E-state index contributed by atoms with van der Waals surface area (Å²) in [5.74, 6) is 1.79. The average Bonchev–Trinajstić information content (AvgIpc) is 3.11. The van der Waals surface area contributed by atoms with E-state index in [9.17, 15) is 4.79 Å². The van der Waals surface area contributed by atoms with Crippen LogP contribution in [0.4, 0.5) is 5.82 Å². The summed E-state index contributed by atoms with van der Waals surface area (Å²) in [6.07, 6.45) is 5.50. The second-order valence-electron chi connectivity index (χ2n) is 6.94. The molecule has 2 aromatic heterocycles. The number of imidazole rings is 1. The summed E-state index contributed by atoms with van der Waals surface area (Å²) in [5.41, 5.74) is 2.63. The first-order valence-electron chi connectivity index (χ1n) is 9.19. The van der Waals surface area contributed by atoms with E-state index in [0.717, 1.165) is 16.9 Å². The van der Waals surface area contributed by atoms with Crippen LogP contribution in [0.25, 0.3) is 5.69 Å². The van der Waals surface area contributed by atoms with E-state index in [2.05, 4.69) is 15.3 Å². The molecule has 1 atom stereocenters. The molecule has 7 nitrogen and oxygen atoms in total. The van der Waals surface area contributed by atoms with Crippen LogP contribution in [0.5, 0.6) is 11.5 Å². The maximum atomic E-state index is 12.5. The smallest absolute Gasteiger partial charge is 0.226 e. The predicted molar refractivity (Wildman–Crippen MR) is 105 cm³/mol. The number of pyridine rings is 1. The number of rotatable bonds is 5. The van der Waals surface area contributed by atoms with Crippen molar-refractivity contribution in [3.63, 3.8) is 0 Å². The molecule has 0 aliphatic carbocycles. The molecule has 4 rings (SSSR count). The SMILES string of the molecule is COc1ccc([C@@H]2CC(=O)Nc3c2ncn3-c2cccnc2)cc1OC(C)C. The molecular weight excluding hydrogens is 356 g/mol. The van der Waals surface area contributed by atoms with Gasteiger partial charge in [0.25, 0.3) is 0 Å². The van der Waals surface area contributed by atoms with Crippen molar-refractivity contribution in [1.29, 1.82) is 0 Å². The van der Waals surface area contributed by atoms with Gasteiger partial charge in [-0.05, 0) is 43.7 Å². The quantitative estimate of drug-likeness (QED) is 0.735. The van der Waals surface area contributed by atoms with Crippen LogP contribution < -0.4 is 14.8 Å². The number of methoxy groups -OCH3 is 1. The fourth-order valence-electron chi connectivity index (χ4n) is 3.43. The summed E-state index contributed by atoms with van der Waals surface area (Å²) in [4.78, 5) is 21.2. The zero-order valence-electron chi connectivity index (χ0n) is 16.0. The number of benzene rings is 1. The number of nitrogens with one attached hydrogen (secondary N) is 1. The van der Waals surface area contributed by atoms with Crippen molar-refractivity contribution in [1.82, 2.24) is 14.5 Å². The van der Waals surface area contributed by atoms with Crippen LogP contribution >= 0.6 is 0 Å². The molecule has 7 heteroatoms. The van der Waals surface area contributed by atoms with Gasteiger partial charge >= 0.3 is 0 Å². The number of nitrogens with zero attached hydrogens (tertiary/aromatic N) is 3. The van der Waals surface area contributed by atoms with Gasteiger partial charge in [0.1, 0.15) is 12.1 Å². The number of carbonyl (C=O) groups excluding carboxylic acids is 1. The Morgan fingerprint density at radius 1 is 1.25 bits per heavy atom. The molecule has 28 heavy (non-hydrogen) atoms. The van der Waals surface area contributed by atoms with Crippen LogP contribution in [0.3, 0.4) is 0 Å². The number of anilines is 1. The Morgan fingerprint density at radius 2 is 2.11 bits per heavy atom. The van der Waals surface area contributed by atoms with Crippen molar-refractivity contribution < 1.29 is 14.3 Å². The van der Waals surface area contributed by atoms with Crippen molar-refractivity contribution in [3.05, 3.63) is 60.3 Å². The van der Waals surface area contributed by atoms with Crippen LogP contribution in [0, 0.1) is 0 Å². The number of fused-ring (bicyclic) bond motifs is 1. The number of hydrogen-bond donors (Lipinski definition) is 1. The van der Waals surface area contributed by atoms with Crippen molar-refractivity contribution in [2.75, 3.05) is 12.4 Å². The Labute approximate surface area is 163 Å². The van der Waals surface area contributed by atoms with E-state index in [0.29, 0.717) is 23.7 Å². The van der Waals surface area contributed by atoms with E-state index in [1.54, 1.807) is 25.8 Å². The number of aromatic nitrogens is 3. The predicted octanol–water partition coefficient (Wildman–Crippen LogP) is 3.54. The van der Waals surface area contributed by atoms with Gasteiger partial charge in [-0.25, -0.2) is 4.98 Å². The molecule has 0 fully saturated rings. The lowest BCUT2D eigenvalue weighted by Gasteiger charge is -2.24. The van der Waals surface area contributed by atoms with Crippen LogP contribution in [0.15, 0.2) is 49.1 Å². The first-order valence-corrected chi connectivity index (χ1v) is 9.19. The highest BCUT2D eigenvalue weighted by atomic mass is 16.5. The lowest BCUT2D eigenvalue weighted by molar-refractivity contribution is -0.116. The maximum absolute atomic E-state index is 12.5. The topological polar surface area (TPSA) is 78.3 Å². The van der Waals surface area contributed by atoms with Crippen molar-refractivity contribution in [2.45, 2.75) is 32.3 Å². The Balaban J connectivity index is 1.77. The van der Waals surface area contributed by atoms with E-state index < -0.39 is 0 Å². The fourth-order valence-corrected chi connectivity index (χ4v) is 3.43. The molecule has 1 amide bonds. The van der Waals surface area contributed by atoms with Crippen molar-refractivity contribution >= 4 is 11.7 Å². The van der Waals surface area contributed by atoms with Crippen LogP contribution in [0.1, 0.15) is 37.4 Å².